The highest BCUT2D eigenvalue weighted by Gasteiger charge is 2.07. The van der Waals surface area contributed by atoms with Crippen molar-refractivity contribution < 1.29 is 4.74 Å². The molecule has 0 radical (unpaired) electrons. The van der Waals surface area contributed by atoms with Gasteiger partial charge in [0.05, 0.1) is 10.7 Å². The largest absolute Gasteiger partial charge is 0.454 e. The van der Waals surface area contributed by atoms with Gasteiger partial charge in [0.25, 0.3) is 0 Å². The Morgan fingerprint density at radius 3 is 2.42 bits per heavy atom. The SMILES string of the molecule is Nc1cccc(Cl)c1Oc1ccc2ccccc2c1. The molecule has 94 valence electrons. The van der Waals surface area contributed by atoms with Gasteiger partial charge in [-0.3, -0.25) is 0 Å². The van der Waals surface area contributed by atoms with Gasteiger partial charge in [0.1, 0.15) is 5.75 Å². The van der Waals surface area contributed by atoms with Gasteiger partial charge in [0, 0.05) is 0 Å². The maximum atomic E-state index is 6.09. The lowest BCUT2D eigenvalue weighted by molar-refractivity contribution is 0.486. The third-order valence-electron chi connectivity index (χ3n) is 2.94. The fourth-order valence-electron chi connectivity index (χ4n) is 1.98. The quantitative estimate of drug-likeness (QED) is 0.674. The third kappa shape index (κ3) is 2.35. The van der Waals surface area contributed by atoms with E-state index in [1.54, 1.807) is 18.2 Å². The molecule has 2 N–H and O–H groups in total. The summed E-state index contributed by atoms with van der Waals surface area (Å²) in [5.41, 5.74) is 6.40. The molecule has 0 aliphatic rings. The summed E-state index contributed by atoms with van der Waals surface area (Å²) in [6, 6.07) is 19.3. The third-order valence-corrected chi connectivity index (χ3v) is 3.24. The average Bonchev–Trinajstić information content (AvgIpc) is 2.43. The van der Waals surface area contributed by atoms with E-state index in [0.29, 0.717) is 16.5 Å². The van der Waals surface area contributed by atoms with Crippen molar-refractivity contribution in [2.24, 2.45) is 0 Å². The number of benzene rings is 3. The van der Waals surface area contributed by atoms with Crippen LogP contribution in [-0.4, -0.2) is 0 Å². The zero-order valence-electron chi connectivity index (χ0n) is 10.1. The van der Waals surface area contributed by atoms with Crippen LogP contribution in [0.15, 0.2) is 60.7 Å². The summed E-state index contributed by atoms with van der Waals surface area (Å²) in [7, 11) is 0. The lowest BCUT2D eigenvalue weighted by Gasteiger charge is -2.10. The first-order valence-corrected chi connectivity index (χ1v) is 6.32. The van der Waals surface area contributed by atoms with Crippen LogP contribution in [0.25, 0.3) is 10.8 Å². The molecule has 3 heteroatoms. The van der Waals surface area contributed by atoms with Crippen LogP contribution in [-0.2, 0) is 0 Å². The number of rotatable bonds is 2. The fraction of sp³-hybridized carbons (Fsp3) is 0. The molecule has 0 aromatic heterocycles. The van der Waals surface area contributed by atoms with Crippen LogP contribution < -0.4 is 10.5 Å². The van der Waals surface area contributed by atoms with E-state index >= 15 is 0 Å². The summed E-state index contributed by atoms with van der Waals surface area (Å²) < 4.78 is 5.79. The van der Waals surface area contributed by atoms with Gasteiger partial charge in [-0.1, -0.05) is 48.0 Å². The van der Waals surface area contributed by atoms with E-state index in [2.05, 4.69) is 6.07 Å². The highest BCUT2D eigenvalue weighted by atomic mass is 35.5. The first-order chi connectivity index (χ1) is 9.24. The minimum atomic E-state index is 0.499. The zero-order chi connectivity index (χ0) is 13.2. The Balaban J connectivity index is 2.01. The Labute approximate surface area is 116 Å². The summed E-state index contributed by atoms with van der Waals surface area (Å²) in [6.07, 6.45) is 0. The van der Waals surface area contributed by atoms with Crippen LogP contribution >= 0.6 is 11.6 Å². The first-order valence-electron chi connectivity index (χ1n) is 5.95. The Bertz CT molecular complexity index is 719. The highest BCUT2D eigenvalue weighted by Crippen LogP contribution is 2.35. The summed E-state index contributed by atoms with van der Waals surface area (Å²) in [5.74, 6) is 1.22. The van der Waals surface area contributed by atoms with Crippen molar-refractivity contribution in [3.63, 3.8) is 0 Å². The van der Waals surface area contributed by atoms with Gasteiger partial charge in [-0.15, -0.1) is 0 Å². The molecule has 19 heavy (non-hydrogen) atoms. The topological polar surface area (TPSA) is 35.2 Å². The number of para-hydroxylation sites is 1. The lowest BCUT2D eigenvalue weighted by atomic mass is 10.1. The van der Waals surface area contributed by atoms with Crippen LogP contribution in [0.2, 0.25) is 5.02 Å². The van der Waals surface area contributed by atoms with E-state index in [0.717, 1.165) is 11.1 Å². The minimum Gasteiger partial charge on any atom is -0.454 e. The van der Waals surface area contributed by atoms with Gasteiger partial charge >= 0.3 is 0 Å². The molecule has 0 aliphatic carbocycles. The van der Waals surface area contributed by atoms with Crippen molar-refractivity contribution >= 4 is 28.1 Å². The number of halogens is 1. The summed E-state index contributed by atoms with van der Waals surface area (Å²) in [5, 5.41) is 2.79. The van der Waals surface area contributed by atoms with Crippen molar-refractivity contribution in [2.45, 2.75) is 0 Å². The van der Waals surface area contributed by atoms with Gasteiger partial charge in [0.15, 0.2) is 5.75 Å². The standard InChI is InChI=1S/C16H12ClNO/c17-14-6-3-7-15(18)16(14)19-13-9-8-11-4-1-2-5-12(11)10-13/h1-10H,18H2. The van der Waals surface area contributed by atoms with E-state index in [-0.39, 0.29) is 0 Å². The number of nitrogen functional groups attached to an aromatic ring is 1. The molecule has 0 aliphatic heterocycles. The van der Waals surface area contributed by atoms with Crippen molar-refractivity contribution in [1.82, 2.24) is 0 Å². The number of hydrogen-bond acceptors (Lipinski definition) is 2. The number of anilines is 1. The Kier molecular flexibility index (Phi) is 3.02. The first kappa shape index (κ1) is 11.9. The van der Waals surface area contributed by atoms with Gasteiger partial charge in [-0.25, -0.2) is 0 Å². The Morgan fingerprint density at radius 1 is 0.842 bits per heavy atom. The van der Waals surface area contributed by atoms with Crippen LogP contribution in [0.3, 0.4) is 0 Å². The van der Waals surface area contributed by atoms with Crippen molar-refractivity contribution in [3.8, 4) is 11.5 Å². The Morgan fingerprint density at radius 2 is 1.63 bits per heavy atom. The molecule has 0 atom stereocenters. The van der Waals surface area contributed by atoms with Crippen LogP contribution in [0, 0.1) is 0 Å². The fourth-order valence-corrected chi connectivity index (χ4v) is 2.20. The molecule has 0 bridgehead atoms. The van der Waals surface area contributed by atoms with Crippen molar-refractivity contribution in [2.75, 3.05) is 5.73 Å². The lowest BCUT2D eigenvalue weighted by Crippen LogP contribution is -1.92. The predicted octanol–water partition coefficient (Wildman–Crippen LogP) is 4.87. The monoisotopic (exact) mass is 269 g/mol. The second kappa shape index (κ2) is 4.82. The zero-order valence-corrected chi connectivity index (χ0v) is 10.9. The second-order valence-corrected chi connectivity index (χ2v) is 4.68. The molecule has 3 aromatic carbocycles. The number of fused-ring (bicyclic) bond motifs is 1. The molecule has 3 rings (SSSR count). The molecule has 0 heterocycles. The van der Waals surface area contributed by atoms with Crippen LogP contribution in [0.4, 0.5) is 5.69 Å². The maximum Gasteiger partial charge on any atom is 0.168 e. The smallest absolute Gasteiger partial charge is 0.168 e. The van der Waals surface area contributed by atoms with Gasteiger partial charge < -0.3 is 10.5 Å². The van der Waals surface area contributed by atoms with Crippen molar-refractivity contribution in [1.29, 1.82) is 0 Å². The van der Waals surface area contributed by atoms with Crippen LogP contribution in [0.1, 0.15) is 0 Å². The van der Waals surface area contributed by atoms with E-state index in [4.69, 9.17) is 22.1 Å². The minimum absolute atomic E-state index is 0.499. The van der Waals surface area contributed by atoms with E-state index in [1.165, 1.54) is 5.39 Å². The van der Waals surface area contributed by atoms with Gasteiger partial charge in [0.2, 0.25) is 0 Å². The average molecular weight is 270 g/mol. The Hall–Kier alpha value is -2.19. The molecular weight excluding hydrogens is 258 g/mol. The maximum absolute atomic E-state index is 6.09. The van der Waals surface area contributed by atoms with E-state index < -0.39 is 0 Å². The summed E-state index contributed by atoms with van der Waals surface area (Å²) >= 11 is 6.09. The number of nitrogens with two attached hydrogens (primary N) is 1. The molecule has 0 spiro atoms. The van der Waals surface area contributed by atoms with Crippen LogP contribution in [0.5, 0.6) is 11.5 Å². The van der Waals surface area contributed by atoms with Gasteiger partial charge in [-0.2, -0.15) is 0 Å². The molecule has 3 aromatic rings. The molecular formula is C16H12ClNO. The number of hydrogen-bond donors (Lipinski definition) is 1. The summed E-state index contributed by atoms with van der Waals surface area (Å²) in [4.78, 5) is 0. The summed E-state index contributed by atoms with van der Waals surface area (Å²) in [6.45, 7) is 0. The van der Waals surface area contributed by atoms with E-state index in [9.17, 15) is 0 Å². The molecule has 0 unspecified atom stereocenters. The van der Waals surface area contributed by atoms with E-state index in [1.807, 2.05) is 36.4 Å². The number of ether oxygens (including phenoxy) is 1. The normalized spacial score (nSPS) is 10.6. The molecule has 0 amide bonds. The molecule has 2 nitrogen and oxygen atoms in total. The molecule has 0 saturated heterocycles. The van der Waals surface area contributed by atoms with Gasteiger partial charge in [-0.05, 0) is 35.0 Å². The highest BCUT2D eigenvalue weighted by molar-refractivity contribution is 6.32. The second-order valence-electron chi connectivity index (χ2n) is 4.27. The van der Waals surface area contributed by atoms with Crippen molar-refractivity contribution in [3.05, 3.63) is 65.7 Å². The molecule has 0 fully saturated rings. The predicted molar refractivity (Wildman–Crippen MR) is 79.9 cm³/mol. The molecule has 0 saturated carbocycles.